The summed E-state index contributed by atoms with van der Waals surface area (Å²) in [5, 5.41) is 12.5. The number of hydrogen-bond acceptors (Lipinski definition) is 2. The molecule has 0 amide bonds. The highest BCUT2D eigenvalue weighted by Gasteiger charge is 2.17. The number of nitrogens with one attached hydrogen (secondary N) is 1. The Labute approximate surface area is 123 Å². The van der Waals surface area contributed by atoms with Gasteiger partial charge in [0.2, 0.25) is 0 Å². The summed E-state index contributed by atoms with van der Waals surface area (Å²) in [4.78, 5) is 0. The fourth-order valence-electron chi connectivity index (χ4n) is 2.40. The summed E-state index contributed by atoms with van der Waals surface area (Å²) in [6.07, 6.45) is 0.505. The molecule has 0 bridgehead atoms. The van der Waals surface area contributed by atoms with Gasteiger partial charge < -0.3 is 10.4 Å². The van der Waals surface area contributed by atoms with Gasteiger partial charge in [0, 0.05) is 24.3 Å². The molecule has 4 heteroatoms. The molecule has 0 aliphatic heterocycles. The van der Waals surface area contributed by atoms with Gasteiger partial charge in [-0.1, -0.05) is 30.3 Å². The summed E-state index contributed by atoms with van der Waals surface area (Å²) >= 11 is 0. The van der Waals surface area contributed by atoms with E-state index in [0.717, 1.165) is 17.7 Å². The van der Waals surface area contributed by atoms with Crippen LogP contribution >= 0.6 is 0 Å². The molecule has 0 aromatic heterocycles. The van der Waals surface area contributed by atoms with Gasteiger partial charge in [-0.15, -0.1) is 0 Å². The van der Waals surface area contributed by atoms with Gasteiger partial charge >= 0.3 is 0 Å². The molecule has 0 aliphatic rings. The number of hydrogen-bond donors (Lipinski definition) is 2. The Hall–Kier alpha value is -1.78. The molecule has 2 rings (SSSR count). The maximum Gasteiger partial charge on any atom is 0.128 e. The van der Waals surface area contributed by atoms with Gasteiger partial charge in [0.25, 0.3) is 0 Å². The number of aliphatic hydroxyl groups excluding tert-OH is 1. The highest BCUT2D eigenvalue weighted by molar-refractivity contribution is 5.24. The number of rotatable bonds is 6. The van der Waals surface area contributed by atoms with E-state index in [1.165, 1.54) is 6.07 Å². The van der Waals surface area contributed by atoms with Gasteiger partial charge in [0.15, 0.2) is 0 Å². The molecule has 2 aromatic carbocycles. The van der Waals surface area contributed by atoms with Gasteiger partial charge in [-0.25, -0.2) is 8.78 Å². The highest BCUT2D eigenvalue weighted by Crippen LogP contribution is 2.24. The summed E-state index contributed by atoms with van der Waals surface area (Å²) in [5.41, 5.74) is 1.30. The number of benzene rings is 2. The second kappa shape index (κ2) is 7.29. The van der Waals surface area contributed by atoms with E-state index in [9.17, 15) is 13.9 Å². The maximum atomic E-state index is 13.8. The third kappa shape index (κ3) is 4.09. The minimum Gasteiger partial charge on any atom is -0.396 e. The van der Waals surface area contributed by atoms with Crippen molar-refractivity contribution in [1.82, 2.24) is 5.32 Å². The second-order valence-electron chi connectivity index (χ2n) is 5.03. The van der Waals surface area contributed by atoms with E-state index in [1.807, 2.05) is 30.3 Å². The quantitative estimate of drug-likeness (QED) is 0.850. The Morgan fingerprint density at radius 1 is 1.10 bits per heavy atom. The number of halogens is 2. The molecule has 2 nitrogen and oxygen atoms in total. The van der Waals surface area contributed by atoms with E-state index in [0.29, 0.717) is 6.42 Å². The first kappa shape index (κ1) is 15.6. The molecule has 0 saturated heterocycles. The van der Waals surface area contributed by atoms with Crippen molar-refractivity contribution in [2.24, 2.45) is 0 Å². The first-order valence-electron chi connectivity index (χ1n) is 6.98. The van der Waals surface area contributed by atoms with Crippen LogP contribution in [0.25, 0.3) is 0 Å². The predicted octanol–water partition coefficient (Wildman–Crippen LogP) is 3.74. The standard InChI is InChI=1S/C17H19F2NO/c1-12(15-11-14(18)7-8-16(15)19)20-17(9-10-21)13-5-3-2-4-6-13/h2-8,11-12,17,20-21H,9-10H2,1H3/t12?,17-/m1/s1. The third-order valence-corrected chi connectivity index (χ3v) is 3.50. The molecular formula is C17H19F2NO. The van der Waals surface area contributed by atoms with Crippen LogP contribution in [0, 0.1) is 11.6 Å². The van der Waals surface area contributed by atoms with Crippen molar-refractivity contribution < 1.29 is 13.9 Å². The van der Waals surface area contributed by atoms with E-state index in [2.05, 4.69) is 5.32 Å². The van der Waals surface area contributed by atoms with Crippen LogP contribution in [0.3, 0.4) is 0 Å². The van der Waals surface area contributed by atoms with Crippen molar-refractivity contribution in [3.8, 4) is 0 Å². The molecule has 2 atom stereocenters. The van der Waals surface area contributed by atoms with E-state index >= 15 is 0 Å². The topological polar surface area (TPSA) is 32.3 Å². The van der Waals surface area contributed by atoms with Gasteiger partial charge in [-0.3, -0.25) is 0 Å². The van der Waals surface area contributed by atoms with Gasteiger partial charge in [-0.05, 0) is 37.1 Å². The smallest absolute Gasteiger partial charge is 0.128 e. The average molecular weight is 291 g/mol. The summed E-state index contributed by atoms with van der Waals surface area (Å²) < 4.78 is 27.1. The fraction of sp³-hybridized carbons (Fsp3) is 0.294. The Balaban J connectivity index is 2.18. The lowest BCUT2D eigenvalue weighted by atomic mass is 10.0. The van der Waals surface area contributed by atoms with Crippen LogP contribution in [0.2, 0.25) is 0 Å². The van der Waals surface area contributed by atoms with Crippen molar-refractivity contribution in [1.29, 1.82) is 0 Å². The molecule has 0 spiro atoms. The van der Waals surface area contributed by atoms with Crippen LogP contribution in [0.5, 0.6) is 0 Å². The summed E-state index contributed by atoms with van der Waals surface area (Å²) in [6.45, 7) is 1.80. The molecule has 0 radical (unpaired) electrons. The predicted molar refractivity (Wildman–Crippen MR) is 78.8 cm³/mol. The van der Waals surface area contributed by atoms with Gasteiger partial charge in [0.05, 0.1) is 0 Å². The monoisotopic (exact) mass is 291 g/mol. The van der Waals surface area contributed by atoms with Crippen LogP contribution < -0.4 is 5.32 Å². The molecule has 0 fully saturated rings. The summed E-state index contributed by atoms with van der Waals surface area (Å²) in [5.74, 6) is -0.898. The first-order valence-corrected chi connectivity index (χ1v) is 6.98. The fourth-order valence-corrected chi connectivity index (χ4v) is 2.40. The van der Waals surface area contributed by atoms with Crippen molar-refractivity contribution >= 4 is 0 Å². The van der Waals surface area contributed by atoms with E-state index in [1.54, 1.807) is 6.92 Å². The minimum atomic E-state index is -0.460. The van der Waals surface area contributed by atoms with Gasteiger partial charge in [0.1, 0.15) is 11.6 Å². The molecule has 0 heterocycles. The zero-order valence-electron chi connectivity index (χ0n) is 11.9. The first-order chi connectivity index (χ1) is 10.1. The normalized spacial score (nSPS) is 13.9. The summed E-state index contributed by atoms with van der Waals surface area (Å²) in [6, 6.07) is 12.6. The lowest BCUT2D eigenvalue weighted by Crippen LogP contribution is -2.26. The molecule has 2 N–H and O–H groups in total. The van der Waals surface area contributed by atoms with E-state index in [-0.39, 0.29) is 24.3 Å². The van der Waals surface area contributed by atoms with Crippen LogP contribution in [0.15, 0.2) is 48.5 Å². The van der Waals surface area contributed by atoms with Crippen LogP contribution in [0.1, 0.15) is 36.6 Å². The lowest BCUT2D eigenvalue weighted by Gasteiger charge is -2.24. The molecule has 1 unspecified atom stereocenters. The molecular weight excluding hydrogens is 272 g/mol. The average Bonchev–Trinajstić information content (AvgIpc) is 2.50. The highest BCUT2D eigenvalue weighted by atomic mass is 19.1. The van der Waals surface area contributed by atoms with E-state index in [4.69, 9.17) is 0 Å². The summed E-state index contributed by atoms with van der Waals surface area (Å²) in [7, 11) is 0. The lowest BCUT2D eigenvalue weighted by molar-refractivity contribution is 0.260. The Morgan fingerprint density at radius 3 is 2.48 bits per heavy atom. The zero-order valence-corrected chi connectivity index (χ0v) is 11.9. The van der Waals surface area contributed by atoms with Crippen molar-refractivity contribution in [3.63, 3.8) is 0 Å². The second-order valence-corrected chi connectivity index (χ2v) is 5.03. The Bertz CT molecular complexity index is 574. The molecule has 2 aromatic rings. The Kier molecular flexibility index (Phi) is 5.42. The van der Waals surface area contributed by atoms with Crippen molar-refractivity contribution in [2.45, 2.75) is 25.4 Å². The zero-order chi connectivity index (χ0) is 15.2. The molecule has 21 heavy (non-hydrogen) atoms. The Morgan fingerprint density at radius 2 is 1.81 bits per heavy atom. The molecule has 0 saturated carbocycles. The van der Waals surface area contributed by atoms with Crippen LogP contribution in [-0.2, 0) is 0 Å². The third-order valence-electron chi connectivity index (χ3n) is 3.50. The SMILES string of the molecule is CC(N[C@H](CCO)c1ccccc1)c1cc(F)ccc1F. The number of aliphatic hydroxyl groups is 1. The van der Waals surface area contributed by atoms with Crippen LogP contribution in [0.4, 0.5) is 8.78 Å². The molecule has 0 aliphatic carbocycles. The van der Waals surface area contributed by atoms with E-state index < -0.39 is 11.6 Å². The minimum absolute atomic E-state index is 0.0188. The van der Waals surface area contributed by atoms with Crippen molar-refractivity contribution in [2.75, 3.05) is 6.61 Å². The van der Waals surface area contributed by atoms with Crippen LogP contribution in [-0.4, -0.2) is 11.7 Å². The maximum absolute atomic E-state index is 13.8. The van der Waals surface area contributed by atoms with Gasteiger partial charge in [-0.2, -0.15) is 0 Å². The molecule has 112 valence electrons. The largest absolute Gasteiger partial charge is 0.396 e. The van der Waals surface area contributed by atoms with Crippen molar-refractivity contribution in [3.05, 3.63) is 71.3 Å².